The van der Waals surface area contributed by atoms with Crippen LogP contribution in [0.15, 0.2) is 42.6 Å². The molecule has 0 radical (unpaired) electrons. The summed E-state index contributed by atoms with van der Waals surface area (Å²) in [5, 5.41) is 1.02. The number of nitrogens with one attached hydrogen (secondary N) is 1. The molecule has 0 unspecified atom stereocenters. The number of pyridine rings is 1. The van der Waals surface area contributed by atoms with E-state index in [0.29, 0.717) is 46.4 Å². The Morgan fingerprint density at radius 2 is 1.91 bits per heavy atom. The Kier molecular flexibility index (Phi) is 5.94. The van der Waals surface area contributed by atoms with E-state index >= 15 is 4.39 Å². The third-order valence-corrected chi connectivity index (χ3v) is 6.46. The van der Waals surface area contributed by atoms with Crippen LogP contribution in [-0.2, 0) is 0 Å². The Balaban J connectivity index is 1.48. The summed E-state index contributed by atoms with van der Waals surface area (Å²) in [7, 11) is 3.53. The van der Waals surface area contributed by atoms with Gasteiger partial charge in [0, 0.05) is 59.9 Å². The van der Waals surface area contributed by atoms with Crippen molar-refractivity contribution in [2.75, 3.05) is 33.8 Å². The minimum Gasteiger partial charge on any atom is -0.493 e. The van der Waals surface area contributed by atoms with Gasteiger partial charge in [-0.05, 0) is 51.2 Å². The van der Waals surface area contributed by atoms with E-state index in [0.717, 1.165) is 12.2 Å². The maximum atomic E-state index is 15.1. The molecular formula is C26H27FN4O4. The van der Waals surface area contributed by atoms with Crippen LogP contribution in [0.4, 0.5) is 9.18 Å². The molecule has 2 aromatic carbocycles. The number of H-pyrrole nitrogens is 1. The zero-order chi connectivity index (χ0) is 24.7. The summed E-state index contributed by atoms with van der Waals surface area (Å²) in [5.74, 6) is 0.624. The number of halogens is 1. The first-order valence-electron chi connectivity index (χ1n) is 11.4. The smallest absolute Gasteiger partial charge is 0.415 e. The number of fused-ring (bicyclic) bond motifs is 2. The molecule has 1 saturated heterocycles. The Hall–Kier alpha value is -3.85. The van der Waals surface area contributed by atoms with E-state index < -0.39 is 11.9 Å². The Bertz CT molecular complexity index is 1420. The lowest BCUT2D eigenvalue weighted by Crippen LogP contribution is -2.52. The maximum absolute atomic E-state index is 15.1. The minimum absolute atomic E-state index is 0.0878. The van der Waals surface area contributed by atoms with Gasteiger partial charge in [-0.25, -0.2) is 9.18 Å². The summed E-state index contributed by atoms with van der Waals surface area (Å²) in [5.41, 5.74) is 2.12. The lowest BCUT2D eigenvalue weighted by Gasteiger charge is -2.36. The molecule has 182 valence electrons. The fourth-order valence-electron chi connectivity index (χ4n) is 4.31. The summed E-state index contributed by atoms with van der Waals surface area (Å²) < 4.78 is 32.3. The second-order valence-electron chi connectivity index (χ2n) is 8.87. The fraction of sp³-hybridized carbons (Fsp3) is 0.308. The van der Waals surface area contributed by atoms with E-state index in [4.69, 9.17) is 14.2 Å². The van der Waals surface area contributed by atoms with Crippen LogP contribution in [0.1, 0.15) is 12.6 Å². The van der Waals surface area contributed by atoms with Gasteiger partial charge in [0.2, 0.25) is 0 Å². The molecule has 0 bridgehead atoms. The molecule has 3 heterocycles. The Labute approximate surface area is 202 Å². The van der Waals surface area contributed by atoms with Gasteiger partial charge in [-0.2, -0.15) is 0 Å². The molecule has 1 aliphatic heterocycles. The van der Waals surface area contributed by atoms with Crippen LogP contribution in [0.2, 0.25) is 0 Å². The Morgan fingerprint density at radius 1 is 1.09 bits per heavy atom. The number of carbonyl (C=O) groups excluding carboxylic acids is 1. The largest absolute Gasteiger partial charge is 0.493 e. The van der Waals surface area contributed by atoms with E-state index in [2.05, 4.69) is 21.8 Å². The van der Waals surface area contributed by atoms with Crippen LogP contribution in [0.3, 0.4) is 0 Å². The van der Waals surface area contributed by atoms with Gasteiger partial charge in [-0.1, -0.05) is 0 Å². The van der Waals surface area contributed by atoms with Gasteiger partial charge in [0.25, 0.3) is 0 Å². The maximum Gasteiger partial charge on any atom is 0.415 e. The van der Waals surface area contributed by atoms with Gasteiger partial charge in [0.1, 0.15) is 5.75 Å². The van der Waals surface area contributed by atoms with Gasteiger partial charge in [-0.15, -0.1) is 0 Å². The van der Waals surface area contributed by atoms with Gasteiger partial charge in [0.15, 0.2) is 23.1 Å². The fourth-order valence-corrected chi connectivity index (χ4v) is 4.31. The number of ether oxygens (including phenoxy) is 3. The molecule has 9 heteroatoms. The van der Waals surface area contributed by atoms with Crippen LogP contribution in [0, 0.1) is 12.7 Å². The first-order chi connectivity index (χ1) is 16.8. The van der Waals surface area contributed by atoms with Crippen molar-refractivity contribution < 1.29 is 23.4 Å². The third-order valence-electron chi connectivity index (χ3n) is 6.46. The van der Waals surface area contributed by atoms with E-state index in [1.165, 1.54) is 7.11 Å². The van der Waals surface area contributed by atoms with Crippen molar-refractivity contribution in [3.05, 3.63) is 54.1 Å². The number of amides is 1. The van der Waals surface area contributed by atoms with Crippen molar-refractivity contribution in [2.24, 2.45) is 0 Å². The average Bonchev–Trinajstić information content (AvgIpc) is 3.23. The molecule has 1 amide bonds. The first-order valence-corrected chi connectivity index (χ1v) is 11.4. The molecule has 5 rings (SSSR count). The Morgan fingerprint density at radius 3 is 2.69 bits per heavy atom. The molecule has 0 aliphatic carbocycles. The molecule has 1 N–H and O–H groups in total. The first kappa shape index (κ1) is 22.9. The summed E-state index contributed by atoms with van der Waals surface area (Å²) >= 11 is 0. The quantitative estimate of drug-likeness (QED) is 0.440. The van der Waals surface area contributed by atoms with Crippen LogP contribution < -0.4 is 14.2 Å². The highest BCUT2D eigenvalue weighted by Crippen LogP contribution is 2.38. The predicted molar refractivity (Wildman–Crippen MR) is 131 cm³/mol. The van der Waals surface area contributed by atoms with E-state index in [1.54, 1.807) is 47.5 Å². The summed E-state index contributed by atoms with van der Waals surface area (Å²) in [6, 6.07) is 10.3. The van der Waals surface area contributed by atoms with E-state index in [-0.39, 0.29) is 17.5 Å². The van der Waals surface area contributed by atoms with Crippen molar-refractivity contribution in [1.82, 2.24) is 19.8 Å². The third kappa shape index (κ3) is 4.35. The van der Waals surface area contributed by atoms with Crippen molar-refractivity contribution >= 4 is 27.9 Å². The summed E-state index contributed by atoms with van der Waals surface area (Å²) in [4.78, 5) is 24.3. The lowest BCUT2D eigenvalue weighted by molar-refractivity contribution is 0.0931. The molecule has 8 nitrogen and oxygen atoms in total. The lowest BCUT2D eigenvalue weighted by atomic mass is 10.1. The number of rotatable bonds is 4. The zero-order valence-corrected chi connectivity index (χ0v) is 20.1. The SMILES string of the molecule is COc1cc2nccc(Oc3ccc4[nH]c(C)cc4c3F)c2cc1OC(=O)N1CCN(C)[C@H](C)C1. The molecule has 2 aromatic heterocycles. The highest BCUT2D eigenvalue weighted by atomic mass is 19.1. The van der Waals surface area contributed by atoms with Gasteiger partial charge in [-0.3, -0.25) is 4.98 Å². The topological polar surface area (TPSA) is 79.9 Å². The number of likely N-dealkylation sites (N-methyl/N-ethyl adjacent to an activating group) is 1. The highest BCUT2D eigenvalue weighted by Gasteiger charge is 2.27. The van der Waals surface area contributed by atoms with Gasteiger partial charge in [0.05, 0.1) is 12.6 Å². The monoisotopic (exact) mass is 478 g/mol. The van der Waals surface area contributed by atoms with Gasteiger partial charge >= 0.3 is 6.09 Å². The van der Waals surface area contributed by atoms with Crippen molar-refractivity contribution in [1.29, 1.82) is 0 Å². The number of nitrogens with zero attached hydrogens (tertiary/aromatic N) is 3. The molecule has 35 heavy (non-hydrogen) atoms. The number of aryl methyl sites for hydroxylation is 1. The molecule has 0 spiro atoms. The normalized spacial score (nSPS) is 16.6. The number of piperazine rings is 1. The molecule has 4 aromatic rings. The number of hydrogen-bond acceptors (Lipinski definition) is 6. The summed E-state index contributed by atoms with van der Waals surface area (Å²) in [6.45, 7) is 5.85. The van der Waals surface area contributed by atoms with E-state index in [9.17, 15) is 4.79 Å². The number of hydrogen-bond donors (Lipinski definition) is 1. The van der Waals surface area contributed by atoms with Gasteiger partial charge < -0.3 is 29.0 Å². The number of aromatic nitrogens is 2. The number of methoxy groups -OCH3 is 1. The van der Waals surface area contributed by atoms with Crippen molar-refractivity contribution in [3.63, 3.8) is 0 Å². The number of carbonyl (C=O) groups is 1. The zero-order valence-electron chi connectivity index (χ0n) is 20.1. The predicted octanol–water partition coefficient (Wildman–Crippen LogP) is 5.10. The molecule has 1 aliphatic rings. The molecular weight excluding hydrogens is 451 g/mol. The average molecular weight is 479 g/mol. The molecule has 0 saturated carbocycles. The van der Waals surface area contributed by atoms with Crippen LogP contribution in [0.25, 0.3) is 21.8 Å². The van der Waals surface area contributed by atoms with Crippen LogP contribution in [-0.4, -0.2) is 65.7 Å². The van der Waals surface area contributed by atoms with Crippen molar-refractivity contribution in [3.8, 4) is 23.0 Å². The van der Waals surface area contributed by atoms with E-state index in [1.807, 2.05) is 14.0 Å². The van der Waals surface area contributed by atoms with Crippen LogP contribution in [0.5, 0.6) is 23.0 Å². The second-order valence-corrected chi connectivity index (χ2v) is 8.87. The number of benzene rings is 2. The standard InChI is InChI=1S/C26H27FN4O4/c1-15-11-18-19(29-15)5-6-22(25(18)27)34-21-7-8-28-20-13-23(33-4)24(12-17(20)21)35-26(32)31-10-9-30(3)16(2)14-31/h5-8,11-13,16,29H,9-10,14H2,1-4H3/t16-/m1/s1. The van der Waals surface area contributed by atoms with Crippen LogP contribution >= 0.6 is 0 Å². The number of aromatic amines is 1. The molecule has 1 fully saturated rings. The minimum atomic E-state index is -0.457. The van der Waals surface area contributed by atoms with Crippen molar-refractivity contribution in [2.45, 2.75) is 19.9 Å². The summed E-state index contributed by atoms with van der Waals surface area (Å²) in [6.07, 6.45) is 1.12. The highest BCUT2D eigenvalue weighted by molar-refractivity contribution is 5.89. The molecule has 1 atom stereocenters. The second kappa shape index (κ2) is 9.07.